The zero-order chi connectivity index (χ0) is 23.2. The van der Waals surface area contributed by atoms with Crippen molar-refractivity contribution in [2.75, 3.05) is 5.32 Å². The Hall–Kier alpha value is -3.97. The molecule has 0 bridgehead atoms. The number of benzene rings is 3. The van der Waals surface area contributed by atoms with Crippen molar-refractivity contribution < 1.29 is 9.53 Å². The zero-order valence-corrected chi connectivity index (χ0v) is 19.2. The van der Waals surface area contributed by atoms with Gasteiger partial charge in [-0.1, -0.05) is 60.7 Å². The van der Waals surface area contributed by atoms with E-state index in [9.17, 15) is 4.79 Å². The van der Waals surface area contributed by atoms with E-state index in [0.29, 0.717) is 18.1 Å². The number of ether oxygens (including phenoxy) is 1. The van der Waals surface area contributed by atoms with Gasteiger partial charge < -0.3 is 10.1 Å². The molecular weight excluding hydrogens is 432 g/mol. The molecule has 0 saturated heterocycles. The third-order valence-electron chi connectivity index (χ3n) is 5.13. The predicted molar refractivity (Wildman–Crippen MR) is 134 cm³/mol. The molecule has 1 heterocycles. The van der Waals surface area contributed by atoms with Crippen molar-refractivity contribution >= 4 is 28.9 Å². The van der Waals surface area contributed by atoms with Crippen LogP contribution in [0.5, 0.6) is 5.75 Å². The van der Waals surface area contributed by atoms with E-state index in [2.05, 4.69) is 52.1 Å². The van der Waals surface area contributed by atoms with E-state index in [0.717, 1.165) is 16.9 Å². The van der Waals surface area contributed by atoms with Gasteiger partial charge >= 0.3 is 0 Å². The molecule has 4 rings (SSSR count). The van der Waals surface area contributed by atoms with Crippen LogP contribution in [-0.4, -0.2) is 20.8 Å². The number of hydrogen-bond acceptors (Lipinski definition) is 4. The van der Waals surface area contributed by atoms with Crippen molar-refractivity contribution in [2.24, 2.45) is 7.05 Å². The maximum atomic E-state index is 12.3. The highest BCUT2D eigenvalue weighted by Crippen LogP contribution is 2.21. The summed E-state index contributed by atoms with van der Waals surface area (Å²) in [5.74, 6) is 0.337. The Bertz CT molecular complexity index is 1250. The Labute approximate surface area is 198 Å². The van der Waals surface area contributed by atoms with Gasteiger partial charge in [-0.2, -0.15) is 5.10 Å². The fourth-order valence-electron chi connectivity index (χ4n) is 3.26. The standard InChI is InChI=1S/C26H24N4O2S/c1-18-15-24(29-30(18)2)25(31)28-26(33)27-22-9-6-10-23(16-22)32-17-19-11-13-21(14-12-19)20-7-4-3-5-8-20/h3-16H,17H2,1-2H3,(H2,27,28,31,33). The summed E-state index contributed by atoms with van der Waals surface area (Å²) < 4.78 is 7.58. The lowest BCUT2D eigenvalue weighted by Crippen LogP contribution is -2.34. The summed E-state index contributed by atoms with van der Waals surface area (Å²) in [5, 5.41) is 10.0. The van der Waals surface area contributed by atoms with Crippen molar-refractivity contribution in [3.63, 3.8) is 0 Å². The molecule has 33 heavy (non-hydrogen) atoms. The molecule has 0 aliphatic heterocycles. The van der Waals surface area contributed by atoms with Crippen molar-refractivity contribution in [2.45, 2.75) is 13.5 Å². The van der Waals surface area contributed by atoms with Crippen LogP contribution in [-0.2, 0) is 13.7 Å². The van der Waals surface area contributed by atoms with Crippen LogP contribution < -0.4 is 15.4 Å². The van der Waals surface area contributed by atoms with Crippen molar-refractivity contribution in [1.82, 2.24) is 15.1 Å². The van der Waals surface area contributed by atoms with Crippen LogP contribution in [0.25, 0.3) is 11.1 Å². The summed E-state index contributed by atoms with van der Waals surface area (Å²) in [7, 11) is 1.78. The van der Waals surface area contributed by atoms with Gasteiger partial charge in [0.15, 0.2) is 10.8 Å². The lowest BCUT2D eigenvalue weighted by Gasteiger charge is -2.11. The smallest absolute Gasteiger partial charge is 0.277 e. The van der Waals surface area contributed by atoms with E-state index >= 15 is 0 Å². The number of carbonyl (C=O) groups is 1. The predicted octanol–water partition coefficient (Wildman–Crippen LogP) is 5.10. The molecule has 166 valence electrons. The number of rotatable bonds is 6. The number of aryl methyl sites for hydroxylation is 2. The molecule has 1 aromatic heterocycles. The summed E-state index contributed by atoms with van der Waals surface area (Å²) in [6, 6.07) is 27.7. The molecule has 6 nitrogen and oxygen atoms in total. The first-order valence-corrected chi connectivity index (χ1v) is 10.9. The quantitative estimate of drug-likeness (QED) is 0.395. The minimum absolute atomic E-state index is 0.192. The molecule has 0 atom stereocenters. The minimum atomic E-state index is -0.359. The maximum absolute atomic E-state index is 12.3. The zero-order valence-electron chi connectivity index (χ0n) is 18.4. The summed E-state index contributed by atoms with van der Waals surface area (Å²) in [6.07, 6.45) is 0. The molecule has 1 amide bonds. The van der Waals surface area contributed by atoms with Crippen molar-refractivity contribution in [3.05, 3.63) is 102 Å². The van der Waals surface area contributed by atoms with E-state index in [1.54, 1.807) is 17.8 Å². The molecule has 0 fully saturated rings. The number of carbonyl (C=O) groups excluding carboxylic acids is 1. The Kier molecular flexibility index (Phi) is 6.80. The topological polar surface area (TPSA) is 68.2 Å². The van der Waals surface area contributed by atoms with Crippen LogP contribution in [0.2, 0.25) is 0 Å². The second kappa shape index (κ2) is 10.1. The van der Waals surface area contributed by atoms with Gasteiger partial charge in [-0.25, -0.2) is 0 Å². The minimum Gasteiger partial charge on any atom is -0.489 e. The second-order valence-electron chi connectivity index (χ2n) is 7.58. The summed E-state index contributed by atoms with van der Waals surface area (Å²) in [4.78, 5) is 12.3. The van der Waals surface area contributed by atoms with Gasteiger partial charge in [0.05, 0.1) is 0 Å². The van der Waals surface area contributed by atoms with Gasteiger partial charge in [0.1, 0.15) is 12.4 Å². The van der Waals surface area contributed by atoms with Crippen molar-refractivity contribution in [3.8, 4) is 16.9 Å². The third-order valence-corrected chi connectivity index (χ3v) is 5.34. The highest BCUT2D eigenvalue weighted by atomic mass is 32.1. The average molecular weight is 457 g/mol. The fraction of sp³-hybridized carbons (Fsp3) is 0.115. The number of hydrogen-bond donors (Lipinski definition) is 2. The highest BCUT2D eigenvalue weighted by Gasteiger charge is 2.12. The van der Waals surface area contributed by atoms with Gasteiger partial charge in [0.2, 0.25) is 0 Å². The van der Waals surface area contributed by atoms with Crippen LogP contribution in [0.15, 0.2) is 84.9 Å². The molecule has 2 N–H and O–H groups in total. The van der Waals surface area contributed by atoms with E-state index in [1.165, 1.54) is 11.1 Å². The normalized spacial score (nSPS) is 10.5. The van der Waals surface area contributed by atoms with Gasteiger partial charge in [-0.3, -0.25) is 14.8 Å². The van der Waals surface area contributed by atoms with Crippen LogP contribution in [0.4, 0.5) is 5.69 Å². The number of nitrogens with zero attached hydrogens (tertiary/aromatic N) is 2. The van der Waals surface area contributed by atoms with Gasteiger partial charge in [0, 0.05) is 24.5 Å². The Balaban J connectivity index is 1.32. The SMILES string of the molecule is Cc1cc(C(=O)NC(=S)Nc2cccc(OCc3ccc(-c4ccccc4)cc3)c2)nn1C. The average Bonchev–Trinajstić information content (AvgIpc) is 3.17. The monoisotopic (exact) mass is 456 g/mol. The van der Waals surface area contributed by atoms with E-state index < -0.39 is 0 Å². The number of aromatic nitrogens is 2. The van der Waals surface area contributed by atoms with E-state index in [1.807, 2.05) is 49.4 Å². The molecule has 3 aromatic carbocycles. The fourth-order valence-corrected chi connectivity index (χ4v) is 3.47. The van der Waals surface area contributed by atoms with Gasteiger partial charge in [0.25, 0.3) is 5.91 Å². The van der Waals surface area contributed by atoms with Crippen molar-refractivity contribution in [1.29, 1.82) is 0 Å². The lowest BCUT2D eigenvalue weighted by atomic mass is 10.0. The molecule has 0 radical (unpaired) electrons. The first kappa shape index (κ1) is 22.2. The number of amides is 1. The first-order chi connectivity index (χ1) is 16.0. The van der Waals surface area contributed by atoms with Crippen LogP contribution in [0.3, 0.4) is 0 Å². The van der Waals surface area contributed by atoms with Crippen LogP contribution >= 0.6 is 12.2 Å². The van der Waals surface area contributed by atoms with E-state index in [-0.39, 0.29) is 11.0 Å². The third kappa shape index (κ3) is 5.84. The molecule has 0 unspecified atom stereocenters. The van der Waals surface area contributed by atoms with Gasteiger partial charge in [-0.15, -0.1) is 0 Å². The largest absolute Gasteiger partial charge is 0.489 e. The van der Waals surface area contributed by atoms with E-state index in [4.69, 9.17) is 17.0 Å². The highest BCUT2D eigenvalue weighted by molar-refractivity contribution is 7.80. The molecule has 0 aliphatic carbocycles. The molecule has 0 spiro atoms. The number of anilines is 1. The Morgan fingerprint density at radius 2 is 1.70 bits per heavy atom. The number of thiocarbonyl (C=S) groups is 1. The Morgan fingerprint density at radius 3 is 2.39 bits per heavy atom. The van der Waals surface area contributed by atoms with Gasteiger partial charge in [-0.05, 0) is 54.0 Å². The Morgan fingerprint density at radius 1 is 0.970 bits per heavy atom. The lowest BCUT2D eigenvalue weighted by molar-refractivity contribution is 0.0972. The summed E-state index contributed by atoms with van der Waals surface area (Å²) in [6.45, 7) is 2.32. The number of nitrogens with one attached hydrogen (secondary N) is 2. The maximum Gasteiger partial charge on any atom is 0.277 e. The summed E-state index contributed by atoms with van der Waals surface area (Å²) >= 11 is 5.27. The molecule has 0 saturated carbocycles. The molecular formula is C26H24N4O2S. The first-order valence-electron chi connectivity index (χ1n) is 10.5. The molecule has 4 aromatic rings. The molecule has 0 aliphatic rings. The van der Waals surface area contributed by atoms with Crippen LogP contribution in [0, 0.1) is 6.92 Å². The summed E-state index contributed by atoms with van der Waals surface area (Å²) in [5.41, 5.74) is 5.34. The molecule has 7 heteroatoms. The second-order valence-corrected chi connectivity index (χ2v) is 7.99. The van der Waals surface area contributed by atoms with Crippen LogP contribution in [0.1, 0.15) is 21.7 Å².